The highest BCUT2D eigenvalue weighted by atomic mass is 19.1. The van der Waals surface area contributed by atoms with Gasteiger partial charge in [0.05, 0.1) is 24.9 Å². The second kappa shape index (κ2) is 13.6. The topological polar surface area (TPSA) is 96.0 Å². The van der Waals surface area contributed by atoms with E-state index in [0.29, 0.717) is 40.9 Å². The summed E-state index contributed by atoms with van der Waals surface area (Å²) in [6.45, 7) is 4.20. The lowest BCUT2D eigenvalue weighted by molar-refractivity contribution is -0.115. The number of halogens is 1. The summed E-state index contributed by atoms with van der Waals surface area (Å²) in [7, 11) is 5.47. The predicted molar refractivity (Wildman–Crippen MR) is 162 cm³/mol. The minimum atomic E-state index is -0.688. The number of amides is 1. The molecule has 10 heteroatoms. The van der Waals surface area contributed by atoms with E-state index in [1.165, 1.54) is 12.1 Å². The van der Waals surface area contributed by atoms with E-state index in [-0.39, 0.29) is 23.1 Å². The summed E-state index contributed by atoms with van der Waals surface area (Å²) in [6, 6.07) is 20.6. The Balaban J connectivity index is 1.54. The number of benzene rings is 3. The molecule has 2 N–H and O–H groups in total. The number of fused-ring (bicyclic) bond motifs is 1. The van der Waals surface area contributed by atoms with Crippen molar-refractivity contribution in [3.63, 3.8) is 0 Å². The summed E-state index contributed by atoms with van der Waals surface area (Å²) in [5.41, 5.74) is 5.21. The largest absolute Gasteiger partial charge is 0.497 e. The number of para-hydroxylation sites is 1. The number of carbonyl (C=O) groups excluding carboxylic acids is 2. The van der Waals surface area contributed by atoms with Crippen molar-refractivity contribution in [3.8, 4) is 17.2 Å². The number of anilines is 2. The maximum absolute atomic E-state index is 15.1. The van der Waals surface area contributed by atoms with Crippen molar-refractivity contribution in [2.75, 3.05) is 38.5 Å². The van der Waals surface area contributed by atoms with E-state index in [1.807, 2.05) is 56.3 Å². The third-order valence-corrected chi connectivity index (χ3v) is 6.84. The van der Waals surface area contributed by atoms with Crippen molar-refractivity contribution in [3.05, 3.63) is 96.1 Å². The molecule has 1 heterocycles. The van der Waals surface area contributed by atoms with Crippen LogP contribution in [0.25, 0.3) is 10.9 Å². The third-order valence-electron chi connectivity index (χ3n) is 6.84. The number of aldehydes is 1. The summed E-state index contributed by atoms with van der Waals surface area (Å²) >= 11 is 0. The summed E-state index contributed by atoms with van der Waals surface area (Å²) in [6.07, 6.45) is 2.07. The number of likely N-dealkylation sites (N-methyl/N-ethyl adjacent to an activating group) is 1. The molecule has 0 radical (unpaired) electrons. The van der Waals surface area contributed by atoms with Crippen LogP contribution in [-0.2, 0) is 9.59 Å². The highest BCUT2D eigenvalue weighted by Crippen LogP contribution is 2.33. The summed E-state index contributed by atoms with van der Waals surface area (Å²) < 4.78 is 26.2. The lowest BCUT2D eigenvalue weighted by Crippen LogP contribution is -2.41. The molecular weight excluding hydrogens is 537 g/mol. The van der Waals surface area contributed by atoms with E-state index in [9.17, 15) is 9.59 Å². The molecule has 0 aliphatic rings. The number of pyridine rings is 1. The molecule has 4 rings (SSSR count). The van der Waals surface area contributed by atoms with E-state index in [1.54, 1.807) is 49.5 Å². The summed E-state index contributed by atoms with van der Waals surface area (Å²) in [4.78, 5) is 31.7. The van der Waals surface area contributed by atoms with Crippen LogP contribution >= 0.6 is 0 Å². The molecule has 1 atom stereocenters. The van der Waals surface area contributed by atoms with Crippen molar-refractivity contribution in [2.24, 2.45) is 0 Å². The Bertz CT molecular complexity index is 1590. The monoisotopic (exact) mass is 571 g/mol. The second-order valence-corrected chi connectivity index (χ2v) is 9.91. The maximum Gasteiger partial charge on any atom is 0.260 e. The van der Waals surface area contributed by atoms with Crippen LogP contribution in [0.2, 0.25) is 0 Å². The van der Waals surface area contributed by atoms with Gasteiger partial charge in [0.1, 0.15) is 17.1 Å². The molecule has 1 aromatic heterocycles. The molecule has 42 heavy (non-hydrogen) atoms. The standard InChI is InChI=1S/C32H34FN5O4/c1-21(37(3)4)19-38(36-23-9-7-6-8-10-23)22(2)27(20-39)32(40)35-24-11-14-31(28(33)17-24)42-30-15-16-34-29-18-25(41-5)12-13-26(29)30/h6-18,20-21,36H,19H2,1-5H3,(H,35,40)/b27-22+/t21-/m0/s1. The van der Waals surface area contributed by atoms with Crippen LogP contribution in [0.15, 0.2) is 90.3 Å². The molecule has 1 amide bonds. The number of hydrogen-bond donors (Lipinski definition) is 2. The minimum absolute atomic E-state index is 0.0328. The number of hydrazine groups is 1. The molecule has 0 fully saturated rings. The first-order chi connectivity index (χ1) is 20.2. The van der Waals surface area contributed by atoms with Gasteiger partial charge in [0, 0.05) is 41.1 Å². The Kier molecular flexibility index (Phi) is 9.72. The van der Waals surface area contributed by atoms with Gasteiger partial charge in [-0.1, -0.05) is 18.2 Å². The number of rotatable bonds is 12. The van der Waals surface area contributed by atoms with Crippen LogP contribution in [-0.4, -0.2) is 60.9 Å². The van der Waals surface area contributed by atoms with Crippen LogP contribution in [0, 0.1) is 5.82 Å². The fourth-order valence-electron chi connectivity index (χ4n) is 4.11. The number of nitrogens with zero attached hydrogens (tertiary/aromatic N) is 3. The first kappa shape index (κ1) is 30.0. The van der Waals surface area contributed by atoms with Gasteiger partial charge >= 0.3 is 0 Å². The van der Waals surface area contributed by atoms with Crippen molar-refractivity contribution >= 4 is 34.5 Å². The average molecular weight is 572 g/mol. The molecule has 4 aromatic rings. The van der Waals surface area contributed by atoms with E-state index < -0.39 is 11.7 Å². The number of aromatic nitrogens is 1. The predicted octanol–water partition coefficient (Wildman–Crippen LogP) is 5.87. The molecule has 0 aliphatic carbocycles. The minimum Gasteiger partial charge on any atom is -0.497 e. The lowest BCUT2D eigenvalue weighted by atomic mass is 10.2. The SMILES string of the molecule is COc1ccc2c(Oc3ccc(NC(=O)/C(C=O)=C(\C)N(C[C@H](C)N(C)C)Nc4ccccc4)cc3F)ccnc2c1. The Morgan fingerprint density at radius 1 is 1.02 bits per heavy atom. The first-order valence-corrected chi connectivity index (χ1v) is 13.3. The molecule has 0 saturated heterocycles. The zero-order chi connectivity index (χ0) is 30.2. The molecule has 0 spiro atoms. The molecule has 9 nitrogen and oxygen atoms in total. The van der Waals surface area contributed by atoms with Gasteiger partial charge < -0.3 is 19.7 Å². The number of nitrogens with one attached hydrogen (secondary N) is 2. The zero-order valence-corrected chi connectivity index (χ0v) is 24.2. The normalized spacial score (nSPS) is 12.4. The van der Waals surface area contributed by atoms with Gasteiger partial charge in [-0.15, -0.1) is 0 Å². The molecule has 0 saturated carbocycles. The van der Waals surface area contributed by atoms with E-state index in [2.05, 4.69) is 15.7 Å². The third kappa shape index (κ3) is 7.21. The number of ether oxygens (including phenoxy) is 2. The van der Waals surface area contributed by atoms with Crippen LogP contribution in [0.5, 0.6) is 17.2 Å². The Labute approximate surface area is 244 Å². The lowest BCUT2D eigenvalue weighted by Gasteiger charge is -2.32. The Morgan fingerprint density at radius 3 is 2.45 bits per heavy atom. The van der Waals surface area contributed by atoms with E-state index >= 15 is 4.39 Å². The molecular formula is C32H34FN5O4. The van der Waals surface area contributed by atoms with Gasteiger partial charge in [0.2, 0.25) is 0 Å². The van der Waals surface area contributed by atoms with Gasteiger partial charge in [0.25, 0.3) is 5.91 Å². The van der Waals surface area contributed by atoms with Crippen molar-refractivity contribution in [1.82, 2.24) is 14.9 Å². The summed E-state index contributed by atoms with van der Waals surface area (Å²) in [5.74, 6) is -0.329. The second-order valence-electron chi connectivity index (χ2n) is 9.91. The number of carbonyl (C=O) groups is 2. The van der Waals surface area contributed by atoms with Crippen LogP contribution in [0.1, 0.15) is 13.8 Å². The molecule has 218 valence electrons. The van der Waals surface area contributed by atoms with Crippen LogP contribution in [0.3, 0.4) is 0 Å². The Hall–Kier alpha value is -4.96. The quantitative estimate of drug-likeness (QED) is 0.0717. The van der Waals surface area contributed by atoms with Crippen LogP contribution < -0.4 is 20.2 Å². The molecule has 0 unspecified atom stereocenters. The van der Waals surface area contributed by atoms with Crippen molar-refractivity contribution in [1.29, 1.82) is 0 Å². The average Bonchev–Trinajstić information content (AvgIpc) is 2.98. The fraction of sp³-hybridized carbons (Fsp3) is 0.219. The molecule has 0 aliphatic heterocycles. The van der Waals surface area contributed by atoms with Crippen molar-refractivity contribution < 1.29 is 23.5 Å². The van der Waals surface area contributed by atoms with Gasteiger partial charge in [-0.3, -0.25) is 25.0 Å². The highest BCUT2D eigenvalue weighted by molar-refractivity contribution is 6.17. The molecule has 3 aromatic carbocycles. The smallest absolute Gasteiger partial charge is 0.260 e. The number of methoxy groups -OCH3 is 1. The van der Waals surface area contributed by atoms with Gasteiger partial charge in [0.15, 0.2) is 17.9 Å². The van der Waals surface area contributed by atoms with Gasteiger partial charge in [-0.05, 0) is 70.4 Å². The van der Waals surface area contributed by atoms with E-state index in [4.69, 9.17) is 9.47 Å². The van der Waals surface area contributed by atoms with Crippen molar-refractivity contribution in [2.45, 2.75) is 19.9 Å². The highest BCUT2D eigenvalue weighted by Gasteiger charge is 2.21. The molecule has 0 bridgehead atoms. The fourth-order valence-corrected chi connectivity index (χ4v) is 4.11. The van der Waals surface area contributed by atoms with Gasteiger partial charge in [-0.2, -0.15) is 0 Å². The van der Waals surface area contributed by atoms with Gasteiger partial charge in [-0.25, -0.2) is 4.39 Å². The number of allylic oxidation sites excluding steroid dienone is 1. The Morgan fingerprint density at radius 2 is 1.79 bits per heavy atom. The summed E-state index contributed by atoms with van der Waals surface area (Å²) in [5, 5.41) is 5.07. The first-order valence-electron chi connectivity index (χ1n) is 13.3. The van der Waals surface area contributed by atoms with E-state index in [0.717, 1.165) is 11.8 Å². The van der Waals surface area contributed by atoms with Crippen LogP contribution in [0.4, 0.5) is 15.8 Å². The maximum atomic E-state index is 15.1. The zero-order valence-electron chi connectivity index (χ0n) is 24.2. The number of hydrogen-bond acceptors (Lipinski definition) is 8.